The predicted molar refractivity (Wildman–Crippen MR) is 73.8 cm³/mol. The molecule has 2 aromatic rings. The third-order valence-corrected chi connectivity index (χ3v) is 3.22. The Labute approximate surface area is 117 Å². The number of nitrogens with zero attached hydrogens (tertiary/aromatic N) is 2. The van der Waals surface area contributed by atoms with Crippen LogP contribution in [0.4, 0.5) is 0 Å². The lowest BCUT2D eigenvalue weighted by Crippen LogP contribution is -2.23. The van der Waals surface area contributed by atoms with Crippen LogP contribution in [0.3, 0.4) is 0 Å². The summed E-state index contributed by atoms with van der Waals surface area (Å²) in [5.41, 5.74) is 2.34. The standard InChI is InChI=1S/C14H17N3O3/c1-9-11(8-16-17(9)2)7-15-14(19)10-4-5-13(20-3)12(18)6-10/h4-6,8,18H,7H2,1-3H3,(H,15,19). The quantitative estimate of drug-likeness (QED) is 0.883. The Bertz CT molecular complexity index is 635. The molecule has 0 saturated heterocycles. The summed E-state index contributed by atoms with van der Waals surface area (Å²) in [6.45, 7) is 2.33. The molecule has 1 aromatic heterocycles. The second-order valence-corrected chi connectivity index (χ2v) is 4.45. The van der Waals surface area contributed by atoms with Crippen molar-refractivity contribution >= 4 is 5.91 Å². The smallest absolute Gasteiger partial charge is 0.251 e. The van der Waals surface area contributed by atoms with Gasteiger partial charge in [-0.25, -0.2) is 0 Å². The molecule has 6 nitrogen and oxygen atoms in total. The van der Waals surface area contributed by atoms with E-state index in [4.69, 9.17) is 4.74 Å². The monoisotopic (exact) mass is 275 g/mol. The number of rotatable bonds is 4. The minimum atomic E-state index is -0.258. The zero-order valence-corrected chi connectivity index (χ0v) is 11.7. The van der Waals surface area contributed by atoms with Crippen molar-refractivity contribution in [2.24, 2.45) is 7.05 Å². The average molecular weight is 275 g/mol. The Morgan fingerprint density at radius 2 is 2.25 bits per heavy atom. The van der Waals surface area contributed by atoms with Crippen molar-refractivity contribution in [3.8, 4) is 11.5 Å². The second-order valence-electron chi connectivity index (χ2n) is 4.45. The highest BCUT2D eigenvalue weighted by molar-refractivity contribution is 5.94. The Hall–Kier alpha value is -2.50. The average Bonchev–Trinajstić information content (AvgIpc) is 2.76. The molecule has 0 aliphatic rings. The number of aromatic hydroxyl groups is 1. The predicted octanol–water partition coefficient (Wildman–Crippen LogP) is 1.37. The zero-order chi connectivity index (χ0) is 14.7. The van der Waals surface area contributed by atoms with Gasteiger partial charge in [0.2, 0.25) is 0 Å². The van der Waals surface area contributed by atoms with Crippen LogP contribution in [0.1, 0.15) is 21.6 Å². The van der Waals surface area contributed by atoms with Crippen LogP contribution < -0.4 is 10.1 Å². The van der Waals surface area contributed by atoms with Gasteiger partial charge in [0.1, 0.15) is 0 Å². The van der Waals surface area contributed by atoms with Gasteiger partial charge in [-0.15, -0.1) is 0 Å². The number of hydrogen-bond donors (Lipinski definition) is 2. The highest BCUT2D eigenvalue weighted by atomic mass is 16.5. The number of hydrogen-bond acceptors (Lipinski definition) is 4. The molecule has 0 atom stereocenters. The van der Waals surface area contributed by atoms with E-state index in [1.165, 1.54) is 13.2 Å². The van der Waals surface area contributed by atoms with Gasteiger partial charge < -0.3 is 15.2 Å². The van der Waals surface area contributed by atoms with E-state index >= 15 is 0 Å². The third kappa shape index (κ3) is 2.74. The molecule has 2 N–H and O–H groups in total. The fraction of sp³-hybridized carbons (Fsp3) is 0.286. The maximum Gasteiger partial charge on any atom is 0.251 e. The van der Waals surface area contributed by atoms with Crippen molar-refractivity contribution in [2.75, 3.05) is 7.11 Å². The third-order valence-electron chi connectivity index (χ3n) is 3.22. The normalized spacial score (nSPS) is 10.3. The molecule has 1 heterocycles. The molecule has 0 spiro atoms. The fourth-order valence-electron chi connectivity index (χ4n) is 1.83. The number of carbonyl (C=O) groups excluding carboxylic acids is 1. The Kier molecular flexibility index (Phi) is 3.93. The highest BCUT2D eigenvalue weighted by Crippen LogP contribution is 2.26. The number of methoxy groups -OCH3 is 1. The summed E-state index contributed by atoms with van der Waals surface area (Å²) >= 11 is 0. The number of nitrogens with one attached hydrogen (secondary N) is 1. The first-order valence-corrected chi connectivity index (χ1v) is 6.15. The zero-order valence-electron chi connectivity index (χ0n) is 11.7. The molecule has 0 saturated carbocycles. The van der Waals surface area contributed by atoms with Crippen LogP contribution in [0, 0.1) is 6.92 Å². The first kappa shape index (κ1) is 13.9. The molecule has 1 aromatic carbocycles. The summed E-state index contributed by atoms with van der Waals surface area (Å²) in [6, 6.07) is 4.54. The van der Waals surface area contributed by atoms with Crippen molar-refractivity contribution in [1.82, 2.24) is 15.1 Å². The van der Waals surface area contributed by atoms with Crippen LogP contribution in [-0.4, -0.2) is 27.9 Å². The van der Waals surface area contributed by atoms with Gasteiger partial charge in [0.05, 0.1) is 13.3 Å². The van der Waals surface area contributed by atoms with Gasteiger partial charge >= 0.3 is 0 Å². The first-order valence-electron chi connectivity index (χ1n) is 6.15. The summed E-state index contributed by atoms with van der Waals surface area (Å²) in [6.07, 6.45) is 1.72. The van der Waals surface area contributed by atoms with Crippen LogP contribution >= 0.6 is 0 Å². The Morgan fingerprint density at radius 1 is 1.50 bits per heavy atom. The van der Waals surface area contributed by atoms with Gasteiger partial charge in [0, 0.05) is 30.4 Å². The van der Waals surface area contributed by atoms with E-state index in [0.717, 1.165) is 11.3 Å². The number of aryl methyl sites for hydroxylation is 1. The topological polar surface area (TPSA) is 76.4 Å². The minimum absolute atomic E-state index is 0.0577. The lowest BCUT2D eigenvalue weighted by molar-refractivity contribution is 0.0950. The van der Waals surface area contributed by atoms with Gasteiger partial charge in [0.25, 0.3) is 5.91 Å². The van der Waals surface area contributed by atoms with Crippen molar-refractivity contribution in [2.45, 2.75) is 13.5 Å². The van der Waals surface area contributed by atoms with Crippen LogP contribution in [-0.2, 0) is 13.6 Å². The Balaban J connectivity index is 2.05. The van der Waals surface area contributed by atoms with Crippen molar-refractivity contribution in [3.05, 3.63) is 41.2 Å². The molecule has 1 amide bonds. The number of carbonyl (C=O) groups is 1. The van der Waals surface area contributed by atoms with E-state index in [2.05, 4.69) is 10.4 Å². The van der Waals surface area contributed by atoms with E-state index in [9.17, 15) is 9.90 Å². The highest BCUT2D eigenvalue weighted by Gasteiger charge is 2.10. The summed E-state index contributed by atoms with van der Waals surface area (Å²) in [5, 5.41) is 16.6. The largest absolute Gasteiger partial charge is 0.504 e. The summed E-state index contributed by atoms with van der Waals surface area (Å²) < 4.78 is 6.69. The molecule has 6 heteroatoms. The van der Waals surface area contributed by atoms with E-state index in [0.29, 0.717) is 17.9 Å². The number of benzene rings is 1. The van der Waals surface area contributed by atoms with Gasteiger partial charge in [-0.3, -0.25) is 9.48 Å². The number of phenols is 1. The maximum atomic E-state index is 12.0. The molecule has 0 aliphatic heterocycles. The SMILES string of the molecule is COc1ccc(C(=O)NCc2cnn(C)c2C)cc1O. The first-order chi connectivity index (χ1) is 9.52. The van der Waals surface area contributed by atoms with E-state index < -0.39 is 0 Å². The Morgan fingerprint density at radius 3 is 2.80 bits per heavy atom. The second kappa shape index (κ2) is 5.64. The molecule has 106 valence electrons. The number of aromatic nitrogens is 2. The van der Waals surface area contributed by atoms with Crippen molar-refractivity contribution < 1.29 is 14.6 Å². The molecule has 0 aliphatic carbocycles. The number of amides is 1. The molecule has 0 fully saturated rings. The number of ether oxygens (including phenoxy) is 1. The summed E-state index contributed by atoms with van der Waals surface area (Å²) in [5.74, 6) is 0.0218. The minimum Gasteiger partial charge on any atom is -0.504 e. The van der Waals surface area contributed by atoms with Crippen LogP contribution in [0.25, 0.3) is 0 Å². The molecule has 2 rings (SSSR count). The van der Waals surface area contributed by atoms with E-state index in [1.807, 2.05) is 14.0 Å². The van der Waals surface area contributed by atoms with E-state index in [1.54, 1.807) is 23.0 Å². The fourth-order valence-corrected chi connectivity index (χ4v) is 1.83. The summed E-state index contributed by atoms with van der Waals surface area (Å²) in [7, 11) is 3.31. The molecule has 0 radical (unpaired) electrons. The maximum absolute atomic E-state index is 12.0. The molecule has 0 unspecified atom stereocenters. The molecular weight excluding hydrogens is 258 g/mol. The molecule has 0 bridgehead atoms. The van der Waals surface area contributed by atoms with Crippen LogP contribution in [0.2, 0.25) is 0 Å². The summed E-state index contributed by atoms with van der Waals surface area (Å²) in [4.78, 5) is 12.0. The van der Waals surface area contributed by atoms with E-state index in [-0.39, 0.29) is 11.7 Å². The lowest BCUT2D eigenvalue weighted by Gasteiger charge is -2.07. The number of phenolic OH excluding ortho intramolecular Hbond substituents is 1. The molecular formula is C14H17N3O3. The lowest BCUT2D eigenvalue weighted by atomic mass is 10.2. The van der Waals surface area contributed by atoms with Gasteiger partial charge in [-0.05, 0) is 25.1 Å². The van der Waals surface area contributed by atoms with Gasteiger partial charge in [0.15, 0.2) is 11.5 Å². The van der Waals surface area contributed by atoms with Crippen molar-refractivity contribution in [1.29, 1.82) is 0 Å². The van der Waals surface area contributed by atoms with Crippen LogP contribution in [0.15, 0.2) is 24.4 Å². The van der Waals surface area contributed by atoms with Crippen LogP contribution in [0.5, 0.6) is 11.5 Å². The van der Waals surface area contributed by atoms with Gasteiger partial charge in [-0.2, -0.15) is 5.10 Å². The van der Waals surface area contributed by atoms with Crippen molar-refractivity contribution in [3.63, 3.8) is 0 Å². The van der Waals surface area contributed by atoms with Gasteiger partial charge in [-0.1, -0.05) is 0 Å². The molecule has 20 heavy (non-hydrogen) atoms.